The van der Waals surface area contributed by atoms with Gasteiger partial charge in [-0.15, -0.1) is 12.4 Å². The van der Waals surface area contributed by atoms with Crippen molar-refractivity contribution in [2.45, 2.75) is 25.6 Å². The van der Waals surface area contributed by atoms with Crippen LogP contribution >= 0.6 is 12.4 Å². The number of rotatable bonds is 2. The molecule has 0 amide bonds. The van der Waals surface area contributed by atoms with Crippen LogP contribution in [0.1, 0.15) is 18.1 Å². The number of pyridine rings is 1. The zero-order valence-electron chi connectivity index (χ0n) is 8.08. The van der Waals surface area contributed by atoms with Gasteiger partial charge in [-0.05, 0) is 25.0 Å². The Bertz CT molecular complexity index is 312. The van der Waals surface area contributed by atoms with Crippen LogP contribution in [0.15, 0.2) is 18.5 Å². The molecule has 0 fully saturated rings. The summed E-state index contributed by atoms with van der Waals surface area (Å²) in [6.07, 6.45) is -1.80. The Morgan fingerprint density at radius 2 is 2.07 bits per heavy atom. The number of alkyl halides is 3. The van der Waals surface area contributed by atoms with E-state index >= 15 is 0 Å². The second-order valence-electron chi connectivity index (χ2n) is 3.21. The van der Waals surface area contributed by atoms with E-state index in [-0.39, 0.29) is 30.4 Å². The minimum Gasteiger partial charge on any atom is -0.328 e. The van der Waals surface area contributed by atoms with Gasteiger partial charge in [0, 0.05) is 18.4 Å². The Morgan fingerprint density at radius 1 is 1.47 bits per heavy atom. The molecule has 2 N–H and O–H groups in total. The van der Waals surface area contributed by atoms with Crippen LogP contribution in [0.4, 0.5) is 13.2 Å². The van der Waals surface area contributed by atoms with Crippen molar-refractivity contribution in [1.82, 2.24) is 4.98 Å². The van der Waals surface area contributed by atoms with Crippen molar-refractivity contribution in [1.29, 1.82) is 0 Å². The zero-order chi connectivity index (χ0) is 10.8. The van der Waals surface area contributed by atoms with Crippen molar-refractivity contribution in [3.8, 4) is 0 Å². The van der Waals surface area contributed by atoms with Gasteiger partial charge >= 0.3 is 6.18 Å². The number of halogens is 4. The molecule has 0 saturated carbocycles. The summed E-state index contributed by atoms with van der Waals surface area (Å²) < 4.78 is 37.3. The number of aromatic nitrogens is 1. The fourth-order valence-electron chi connectivity index (χ4n) is 1.21. The molecule has 0 radical (unpaired) electrons. The van der Waals surface area contributed by atoms with Gasteiger partial charge in [-0.25, -0.2) is 0 Å². The van der Waals surface area contributed by atoms with Crippen LogP contribution in [0.25, 0.3) is 0 Å². The quantitative estimate of drug-likeness (QED) is 0.862. The van der Waals surface area contributed by atoms with Gasteiger partial charge in [0.2, 0.25) is 0 Å². The molecule has 0 aromatic carbocycles. The van der Waals surface area contributed by atoms with Crippen molar-refractivity contribution >= 4 is 12.4 Å². The van der Waals surface area contributed by atoms with Crippen molar-refractivity contribution < 1.29 is 13.2 Å². The highest BCUT2D eigenvalue weighted by Crippen LogP contribution is 2.31. The first-order valence-corrected chi connectivity index (χ1v) is 4.17. The third kappa shape index (κ3) is 4.05. The zero-order valence-corrected chi connectivity index (χ0v) is 8.90. The third-order valence-electron chi connectivity index (χ3n) is 1.75. The first-order chi connectivity index (χ1) is 6.41. The molecule has 1 heterocycles. The number of nitrogens with zero attached hydrogens (tertiary/aromatic N) is 1. The van der Waals surface area contributed by atoms with Gasteiger partial charge in [0.15, 0.2) is 0 Å². The van der Waals surface area contributed by atoms with E-state index in [9.17, 15) is 13.2 Å². The first-order valence-electron chi connectivity index (χ1n) is 4.17. The largest absolute Gasteiger partial charge is 0.416 e. The minimum absolute atomic E-state index is 0. The highest BCUT2D eigenvalue weighted by Gasteiger charge is 2.33. The van der Waals surface area contributed by atoms with Gasteiger partial charge in [-0.2, -0.15) is 13.2 Å². The predicted molar refractivity (Wildman–Crippen MR) is 53.8 cm³/mol. The van der Waals surface area contributed by atoms with E-state index in [2.05, 4.69) is 4.98 Å². The molecule has 0 saturated heterocycles. The molecule has 0 aliphatic carbocycles. The summed E-state index contributed by atoms with van der Waals surface area (Å²) in [4.78, 5) is 3.66. The van der Waals surface area contributed by atoms with Gasteiger partial charge < -0.3 is 5.73 Å². The normalized spacial score (nSPS) is 13.1. The summed E-state index contributed by atoms with van der Waals surface area (Å²) >= 11 is 0. The van der Waals surface area contributed by atoms with E-state index in [1.54, 1.807) is 6.92 Å². The van der Waals surface area contributed by atoms with Gasteiger partial charge in [0.05, 0.1) is 5.56 Å². The lowest BCUT2D eigenvalue weighted by Gasteiger charge is -2.13. The molecule has 1 aromatic rings. The fraction of sp³-hybridized carbons (Fsp3) is 0.444. The van der Waals surface area contributed by atoms with Gasteiger partial charge in [0.25, 0.3) is 0 Å². The Labute approximate surface area is 92.1 Å². The molecule has 6 heteroatoms. The summed E-state index contributed by atoms with van der Waals surface area (Å²) in [7, 11) is 0. The molecule has 0 spiro atoms. The highest BCUT2D eigenvalue weighted by atomic mass is 35.5. The second-order valence-corrected chi connectivity index (χ2v) is 3.21. The van der Waals surface area contributed by atoms with E-state index in [1.165, 1.54) is 6.20 Å². The molecule has 15 heavy (non-hydrogen) atoms. The molecule has 0 bridgehead atoms. The van der Waals surface area contributed by atoms with Crippen LogP contribution in [0.5, 0.6) is 0 Å². The molecule has 86 valence electrons. The van der Waals surface area contributed by atoms with Crippen LogP contribution in [0.3, 0.4) is 0 Å². The van der Waals surface area contributed by atoms with E-state index < -0.39 is 11.7 Å². The van der Waals surface area contributed by atoms with Crippen LogP contribution in [0.2, 0.25) is 0 Å². The van der Waals surface area contributed by atoms with E-state index in [1.807, 2.05) is 0 Å². The van der Waals surface area contributed by atoms with Gasteiger partial charge in [-0.1, -0.05) is 0 Å². The second kappa shape index (κ2) is 5.32. The standard InChI is InChI=1S/C9H11F3N2.ClH/c1-6(13)4-7-5-14-3-2-8(7)9(10,11)12;/h2-3,5-6H,4,13H2,1H3;1H. The number of hydrogen-bond donors (Lipinski definition) is 1. The van der Waals surface area contributed by atoms with Crippen molar-refractivity contribution in [2.24, 2.45) is 5.73 Å². The molecular weight excluding hydrogens is 229 g/mol. The van der Waals surface area contributed by atoms with Crippen LogP contribution < -0.4 is 5.73 Å². The third-order valence-corrected chi connectivity index (χ3v) is 1.75. The van der Waals surface area contributed by atoms with Gasteiger partial charge in [0.1, 0.15) is 0 Å². The summed E-state index contributed by atoms with van der Waals surface area (Å²) in [6, 6.07) is 0.665. The van der Waals surface area contributed by atoms with E-state index in [0.717, 1.165) is 12.3 Å². The SMILES string of the molecule is CC(N)Cc1cnccc1C(F)(F)F.Cl. The molecular formula is C9H12ClF3N2. The lowest BCUT2D eigenvalue weighted by molar-refractivity contribution is -0.138. The monoisotopic (exact) mass is 240 g/mol. The summed E-state index contributed by atoms with van der Waals surface area (Å²) in [5.41, 5.74) is 4.94. The molecule has 1 aromatic heterocycles. The maximum atomic E-state index is 12.4. The Hall–Kier alpha value is -0.810. The molecule has 2 nitrogen and oxygen atoms in total. The highest BCUT2D eigenvalue weighted by molar-refractivity contribution is 5.85. The van der Waals surface area contributed by atoms with Crippen LogP contribution in [-0.4, -0.2) is 11.0 Å². The number of nitrogens with two attached hydrogens (primary N) is 1. The number of hydrogen-bond acceptors (Lipinski definition) is 2. The maximum absolute atomic E-state index is 12.4. The van der Waals surface area contributed by atoms with Crippen LogP contribution in [0, 0.1) is 0 Å². The van der Waals surface area contributed by atoms with E-state index in [4.69, 9.17) is 5.73 Å². The van der Waals surface area contributed by atoms with Crippen molar-refractivity contribution in [3.63, 3.8) is 0 Å². The summed E-state index contributed by atoms with van der Waals surface area (Å²) in [5, 5.41) is 0. The molecule has 0 aliphatic heterocycles. The fourth-order valence-corrected chi connectivity index (χ4v) is 1.21. The summed E-state index contributed by atoms with van der Waals surface area (Å²) in [6.45, 7) is 1.66. The smallest absolute Gasteiger partial charge is 0.328 e. The lowest BCUT2D eigenvalue weighted by atomic mass is 10.0. The Kier molecular flexibility index (Phi) is 5.03. The van der Waals surface area contributed by atoms with Crippen LogP contribution in [-0.2, 0) is 12.6 Å². The average Bonchev–Trinajstić information content (AvgIpc) is 2.01. The van der Waals surface area contributed by atoms with Gasteiger partial charge in [-0.3, -0.25) is 4.98 Å². The average molecular weight is 241 g/mol. The summed E-state index contributed by atoms with van der Waals surface area (Å²) in [5.74, 6) is 0. The molecule has 1 unspecified atom stereocenters. The minimum atomic E-state index is -4.33. The van der Waals surface area contributed by atoms with Crippen molar-refractivity contribution in [3.05, 3.63) is 29.6 Å². The molecule has 1 rings (SSSR count). The maximum Gasteiger partial charge on any atom is 0.416 e. The Morgan fingerprint density at radius 3 is 2.53 bits per heavy atom. The molecule has 1 atom stereocenters. The topological polar surface area (TPSA) is 38.9 Å². The first kappa shape index (κ1) is 14.2. The molecule has 0 aliphatic rings. The van der Waals surface area contributed by atoms with E-state index in [0.29, 0.717) is 0 Å². The Balaban J connectivity index is 0.00000196. The lowest BCUT2D eigenvalue weighted by Crippen LogP contribution is -2.20. The predicted octanol–water partition coefficient (Wildman–Crippen LogP) is 2.41. The van der Waals surface area contributed by atoms with Crippen molar-refractivity contribution in [2.75, 3.05) is 0 Å².